The van der Waals surface area contributed by atoms with E-state index in [2.05, 4.69) is 0 Å². The zero-order valence-corrected chi connectivity index (χ0v) is 9.27. The second-order valence-electron chi connectivity index (χ2n) is 3.79. The molecule has 86 valence electrons. The van der Waals surface area contributed by atoms with Crippen LogP contribution in [0.5, 0.6) is 5.75 Å². The fraction of sp³-hybridized carbons (Fsp3) is 0.0714. The van der Waals surface area contributed by atoms with Crippen molar-refractivity contribution in [3.05, 3.63) is 53.8 Å². The second-order valence-corrected chi connectivity index (χ2v) is 3.79. The van der Waals surface area contributed by atoms with Gasteiger partial charge >= 0.3 is 0 Å². The zero-order chi connectivity index (χ0) is 12.4. The lowest BCUT2D eigenvalue weighted by Crippen LogP contribution is -1.97. The van der Waals surface area contributed by atoms with Crippen LogP contribution in [0.3, 0.4) is 0 Å². The van der Waals surface area contributed by atoms with E-state index in [0.717, 1.165) is 5.56 Å². The van der Waals surface area contributed by atoms with Gasteiger partial charge in [0.15, 0.2) is 5.78 Å². The number of aromatic hydroxyl groups is 1. The van der Waals surface area contributed by atoms with Crippen LogP contribution >= 0.6 is 0 Å². The van der Waals surface area contributed by atoms with E-state index in [1.807, 2.05) is 0 Å². The molecule has 0 aromatic heterocycles. The van der Waals surface area contributed by atoms with E-state index in [1.165, 1.54) is 31.2 Å². The summed E-state index contributed by atoms with van der Waals surface area (Å²) in [4.78, 5) is 11.4. The first-order valence-electron chi connectivity index (χ1n) is 5.18. The summed E-state index contributed by atoms with van der Waals surface area (Å²) in [6.07, 6.45) is 0. The molecule has 0 aliphatic carbocycles. The number of Topliss-reactive ketones (excluding diaryl/α,β-unsaturated/α-hetero) is 1. The molecule has 0 bridgehead atoms. The van der Waals surface area contributed by atoms with Crippen LogP contribution < -0.4 is 0 Å². The number of ketones is 1. The van der Waals surface area contributed by atoms with Crippen molar-refractivity contribution in [1.29, 1.82) is 0 Å². The fourth-order valence-corrected chi connectivity index (χ4v) is 1.70. The monoisotopic (exact) mass is 230 g/mol. The zero-order valence-electron chi connectivity index (χ0n) is 9.27. The van der Waals surface area contributed by atoms with Gasteiger partial charge in [0.2, 0.25) is 0 Å². The van der Waals surface area contributed by atoms with Crippen molar-refractivity contribution < 1.29 is 14.3 Å². The minimum atomic E-state index is -0.433. The van der Waals surface area contributed by atoms with Crippen molar-refractivity contribution in [2.24, 2.45) is 0 Å². The third kappa shape index (κ3) is 2.33. The summed E-state index contributed by atoms with van der Waals surface area (Å²) in [7, 11) is 0. The molecule has 0 unspecified atom stereocenters. The standard InChI is InChI=1S/C14H11FO2/c1-9(16)14-8-11(15)4-7-13(14)10-2-5-12(17)6-3-10/h2-8,17H,1H3. The smallest absolute Gasteiger partial charge is 0.160 e. The lowest BCUT2D eigenvalue weighted by Gasteiger charge is -2.07. The minimum Gasteiger partial charge on any atom is -0.508 e. The summed E-state index contributed by atoms with van der Waals surface area (Å²) in [6, 6.07) is 10.5. The van der Waals surface area contributed by atoms with Crippen LogP contribution in [0.2, 0.25) is 0 Å². The molecular formula is C14H11FO2. The van der Waals surface area contributed by atoms with E-state index < -0.39 is 5.82 Å². The molecule has 1 N–H and O–H groups in total. The van der Waals surface area contributed by atoms with Crippen LogP contribution in [0, 0.1) is 5.82 Å². The normalized spacial score (nSPS) is 10.2. The molecule has 2 rings (SSSR count). The molecule has 0 atom stereocenters. The van der Waals surface area contributed by atoms with Crippen molar-refractivity contribution in [1.82, 2.24) is 0 Å². The summed E-state index contributed by atoms with van der Waals surface area (Å²) < 4.78 is 13.1. The van der Waals surface area contributed by atoms with Crippen molar-refractivity contribution in [3.63, 3.8) is 0 Å². The average Bonchev–Trinajstić information content (AvgIpc) is 2.30. The number of carbonyl (C=O) groups is 1. The van der Waals surface area contributed by atoms with Crippen LogP contribution in [-0.2, 0) is 0 Å². The highest BCUT2D eigenvalue weighted by Gasteiger charge is 2.10. The molecule has 0 amide bonds. The number of hydrogen-bond acceptors (Lipinski definition) is 2. The Labute approximate surface area is 98.3 Å². The predicted octanol–water partition coefficient (Wildman–Crippen LogP) is 3.40. The summed E-state index contributed by atoms with van der Waals surface area (Å²) in [6.45, 7) is 1.40. The molecular weight excluding hydrogens is 219 g/mol. The van der Waals surface area contributed by atoms with E-state index in [1.54, 1.807) is 18.2 Å². The molecule has 0 fully saturated rings. The van der Waals surface area contributed by atoms with Crippen molar-refractivity contribution in [2.75, 3.05) is 0 Å². The number of halogens is 1. The highest BCUT2D eigenvalue weighted by Crippen LogP contribution is 2.26. The fourth-order valence-electron chi connectivity index (χ4n) is 1.70. The molecule has 0 saturated carbocycles. The van der Waals surface area contributed by atoms with Gasteiger partial charge in [0.25, 0.3) is 0 Å². The Bertz CT molecular complexity index is 559. The number of phenols is 1. The quantitative estimate of drug-likeness (QED) is 0.803. The van der Waals surface area contributed by atoms with Gasteiger partial charge in [-0.3, -0.25) is 4.79 Å². The molecule has 2 aromatic carbocycles. The Hall–Kier alpha value is -2.16. The third-order valence-electron chi connectivity index (χ3n) is 2.54. The number of rotatable bonds is 2. The maximum atomic E-state index is 13.1. The van der Waals surface area contributed by atoms with E-state index >= 15 is 0 Å². The molecule has 3 heteroatoms. The Balaban J connectivity index is 2.58. The average molecular weight is 230 g/mol. The second kappa shape index (κ2) is 4.37. The third-order valence-corrected chi connectivity index (χ3v) is 2.54. The number of carbonyl (C=O) groups excluding carboxylic acids is 1. The van der Waals surface area contributed by atoms with Gasteiger partial charge in [0, 0.05) is 5.56 Å². The van der Waals surface area contributed by atoms with Gasteiger partial charge in [0.05, 0.1) is 0 Å². The lowest BCUT2D eigenvalue weighted by atomic mass is 9.97. The first kappa shape index (κ1) is 11.3. The number of hydrogen-bond donors (Lipinski definition) is 1. The maximum Gasteiger partial charge on any atom is 0.160 e. The van der Waals surface area contributed by atoms with E-state index in [4.69, 9.17) is 0 Å². The largest absolute Gasteiger partial charge is 0.508 e. The Kier molecular flexibility index (Phi) is 2.91. The topological polar surface area (TPSA) is 37.3 Å². The first-order chi connectivity index (χ1) is 8.08. The number of phenolic OH excluding ortho intramolecular Hbond substituents is 1. The van der Waals surface area contributed by atoms with Crippen LogP contribution in [-0.4, -0.2) is 10.9 Å². The van der Waals surface area contributed by atoms with E-state index in [-0.39, 0.29) is 11.5 Å². The molecule has 2 aromatic rings. The van der Waals surface area contributed by atoms with Crippen molar-refractivity contribution >= 4 is 5.78 Å². The Morgan fingerprint density at radius 3 is 2.35 bits per heavy atom. The molecule has 0 aliphatic heterocycles. The van der Waals surface area contributed by atoms with Gasteiger partial charge < -0.3 is 5.11 Å². The Morgan fingerprint density at radius 2 is 1.76 bits per heavy atom. The Morgan fingerprint density at radius 1 is 1.12 bits per heavy atom. The molecule has 17 heavy (non-hydrogen) atoms. The van der Waals surface area contributed by atoms with Gasteiger partial charge in [-0.05, 0) is 42.3 Å². The summed E-state index contributed by atoms with van der Waals surface area (Å²) in [5.41, 5.74) is 1.78. The van der Waals surface area contributed by atoms with Crippen LogP contribution in [0.15, 0.2) is 42.5 Å². The van der Waals surface area contributed by atoms with Crippen LogP contribution in [0.25, 0.3) is 11.1 Å². The highest BCUT2D eigenvalue weighted by molar-refractivity contribution is 6.00. The van der Waals surface area contributed by atoms with Gasteiger partial charge in [-0.1, -0.05) is 18.2 Å². The van der Waals surface area contributed by atoms with Crippen molar-refractivity contribution in [2.45, 2.75) is 6.92 Å². The highest BCUT2D eigenvalue weighted by atomic mass is 19.1. The molecule has 0 radical (unpaired) electrons. The van der Waals surface area contributed by atoms with Gasteiger partial charge in [-0.2, -0.15) is 0 Å². The molecule has 0 saturated heterocycles. The van der Waals surface area contributed by atoms with E-state index in [9.17, 15) is 14.3 Å². The van der Waals surface area contributed by atoms with Crippen LogP contribution in [0.1, 0.15) is 17.3 Å². The first-order valence-corrected chi connectivity index (χ1v) is 5.18. The van der Waals surface area contributed by atoms with Crippen molar-refractivity contribution in [3.8, 4) is 16.9 Å². The number of benzene rings is 2. The molecule has 0 heterocycles. The SMILES string of the molecule is CC(=O)c1cc(F)ccc1-c1ccc(O)cc1. The lowest BCUT2D eigenvalue weighted by molar-refractivity contribution is 0.101. The molecule has 2 nitrogen and oxygen atoms in total. The van der Waals surface area contributed by atoms with Crippen LogP contribution in [0.4, 0.5) is 4.39 Å². The maximum absolute atomic E-state index is 13.1. The van der Waals surface area contributed by atoms with Gasteiger partial charge in [-0.25, -0.2) is 4.39 Å². The van der Waals surface area contributed by atoms with Gasteiger partial charge in [-0.15, -0.1) is 0 Å². The van der Waals surface area contributed by atoms with E-state index in [0.29, 0.717) is 11.1 Å². The minimum absolute atomic E-state index is 0.153. The summed E-state index contributed by atoms with van der Waals surface area (Å²) in [5.74, 6) is -0.467. The summed E-state index contributed by atoms with van der Waals surface area (Å²) >= 11 is 0. The summed E-state index contributed by atoms with van der Waals surface area (Å²) in [5, 5.41) is 9.20. The molecule has 0 spiro atoms. The molecule has 0 aliphatic rings. The predicted molar refractivity (Wildman–Crippen MR) is 63.5 cm³/mol. The van der Waals surface area contributed by atoms with Gasteiger partial charge in [0.1, 0.15) is 11.6 Å².